The number of carbonyl (C=O) groups excluding carboxylic acids is 1. The van der Waals surface area contributed by atoms with Crippen LogP contribution in [0.25, 0.3) is 10.3 Å². The van der Waals surface area contributed by atoms with E-state index >= 15 is 0 Å². The van der Waals surface area contributed by atoms with Gasteiger partial charge in [-0.05, 0) is 18.9 Å². The van der Waals surface area contributed by atoms with Gasteiger partial charge in [0.2, 0.25) is 0 Å². The number of H-pyrrole nitrogens is 1. The Morgan fingerprint density at radius 2 is 2.27 bits per heavy atom. The SMILES string of the molecule is COc1nc2[nH]c(C(=O)N[C@H]3CCC[Si](C)(C)CC3)cc2s1. The van der Waals surface area contributed by atoms with Crippen LogP contribution in [-0.2, 0) is 0 Å². The first kappa shape index (κ1) is 15.5. The molecule has 7 heteroatoms. The van der Waals surface area contributed by atoms with Crippen molar-refractivity contribution in [2.75, 3.05) is 7.11 Å². The van der Waals surface area contributed by atoms with Crippen LogP contribution in [0.15, 0.2) is 6.07 Å². The van der Waals surface area contributed by atoms with E-state index in [4.69, 9.17) is 4.74 Å². The van der Waals surface area contributed by atoms with Crippen molar-refractivity contribution in [3.8, 4) is 5.19 Å². The van der Waals surface area contributed by atoms with Crippen LogP contribution in [0.2, 0.25) is 25.2 Å². The minimum Gasteiger partial charge on any atom is -0.473 e. The molecule has 120 valence electrons. The van der Waals surface area contributed by atoms with Crippen LogP contribution in [0, 0.1) is 0 Å². The maximum atomic E-state index is 12.4. The van der Waals surface area contributed by atoms with Crippen molar-refractivity contribution >= 4 is 35.7 Å². The van der Waals surface area contributed by atoms with Gasteiger partial charge in [0.05, 0.1) is 11.8 Å². The van der Waals surface area contributed by atoms with E-state index in [1.807, 2.05) is 6.07 Å². The van der Waals surface area contributed by atoms with E-state index in [-0.39, 0.29) is 5.91 Å². The van der Waals surface area contributed by atoms with Gasteiger partial charge < -0.3 is 15.0 Å². The van der Waals surface area contributed by atoms with Gasteiger partial charge in [-0.3, -0.25) is 4.79 Å². The van der Waals surface area contributed by atoms with Crippen molar-refractivity contribution in [3.05, 3.63) is 11.8 Å². The zero-order valence-electron chi connectivity index (χ0n) is 13.4. The highest BCUT2D eigenvalue weighted by Gasteiger charge is 2.27. The molecule has 3 heterocycles. The summed E-state index contributed by atoms with van der Waals surface area (Å²) >= 11 is 1.45. The summed E-state index contributed by atoms with van der Waals surface area (Å²) in [5, 5.41) is 3.80. The van der Waals surface area contributed by atoms with Crippen molar-refractivity contribution in [2.24, 2.45) is 0 Å². The Hall–Kier alpha value is -1.34. The molecule has 1 aliphatic heterocycles. The van der Waals surface area contributed by atoms with Crippen LogP contribution < -0.4 is 10.1 Å². The van der Waals surface area contributed by atoms with Gasteiger partial charge in [-0.25, -0.2) is 0 Å². The van der Waals surface area contributed by atoms with Crippen LogP contribution >= 0.6 is 11.3 Å². The van der Waals surface area contributed by atoms with Crippen LogP contribution in [0.5, 0.6) is 5.19 Å². The Morgan fingerprint density at radius 3 is 3.00 bits per heavy atom. The Morgan fingerprint density at radius 1 is 1.45 bits per heavy atom. The van der Waals surface area contributed by atoms with Gasteiger partial charge in [0.15, 0.2) is 5.65 Å². The third kappa shape index (κ3) is 3.35. The average Bonchev–Trinajstić information content (AvgIpc) is 2.97. The van der Waals surface area contributed by atoms with E-state index in [2.05, 4.69) is 28.4 Å². The van der Waals surface area contributed by atoms with Gasteiger partial charge in [-0.15, -0.1) is 0 Å². The van der Waals surface area contributed by atoms with Gasteiger partial charge in [-0.1, -0.05) is 42.9 Å². The number of methoxy groups -OCH3 is 1. The molecule has 0 unspecified atom stereocenters. The number of amides is 1. The fourth-order valence-electron chi connectivity index (χ4n) is 3.07. The Balaban J connectivity index is 1.66. The number of nitrogens with one attached hydrogen (secondary N) is 2. The van der Waals surface area contributed by atoms with Gasteiger partial charge in [0, 0.05) is 14.1 Å². The second-order valence-corrected chi connectivity index (χ2v) is 13.2. The molecule has 2 N–H and O–H groups in total. The molecule has 0 saturated carbocycles. The topological polar surface area (TPSA) is 67.0 Å². The summed E-state index contributed by atoms with van der Waals surface area (Å²) in [5.41, 5.74) is 1.32. The van der Waals surface area contributed by atoms with Crippen LogP contribution in [0.3, 0.4) is 0 Å². The molecule has 1 saturated heterocycles. The van der Waals surface area contributed by atoms with Gasteiger partial charge in [-0.2, -0.15) is 4.98 Å². The van der Waals surface area contributed by atoms with Crippen molar-refractivity contribution in [2.45, 2.75) is 50.5 Å². The quantitative estimate of drug-likeness (QED) is 0.841. The molecule has 3 rings (SSSR count). The van der Waals surface area contributed by atoms with E-state index in [0.717, 1.165) is 23.2 Å². The number of nitrogens with zero attached hydrogens (tertiary/aromatic N) is 1. The molecule has 22 heavy (non-hydrogen) atoms. The third-order valence-electron chi connectivity index (χ3n) is 4.49. The van der Waals surface area contributed by atoms with E-state index < -0.39 is 8.07 Å². The number of carbonyl (C=O) groups is 1. The highest BCUT2D eigenvalue weighted by Crippen LogP contribution is 2.29. The largest absolute Gasteiger partial charge is 0.473 e. The number of fused-ring (bicyclic) bond motifs is 1. The monoisotopic (exact) mass is 337 g/mol. The molecular formula is C15H23N3O2SSi. The standard InChI is InChI=1S/C15H23N3O2SSi/c1-20-15-18-13-12(21-15)9-11(17-13)14(19)16-10-5-4-7-22(2,3)8-6-10/h9-10,17H,4-8H2,1-3H3,(H,16,19)/t10-/m0/s1. The van der Waals surface area contributed by atoms with Crippen LogP contribution in [0.1, 0.15) is 29.8 Å². The predicted octanol–water partition coefficient (Wildman–Crippen LogP) is 3.62. The van der Waals surface area contributed by atoms with Gasteiger partial charge in [0.1, 0.15) is 5.69 Å². The molecular weight excluding hydrogens is 314 g/mol. The lowest BCUT2D eigenvalue weighted by atomic mass is 10.1. The molecule has 5 nitrogen and oxygen atoms in total. The Bertz CT molecular complexity index is 648. The molecule has 1 fully saturated rings. The molecule has 2 aromatic rings. The van der Waals surface area contributed by atoms with E-state index in [1.165, 1.54) is 29.8 Å². The molecule has 0 aromatic carbocycles. The molecule has 1 atom stereocenters. The number of thiazole rings is 1. The third-order valence-corrected chi connectivity index (χ3v) is 8.81. The summed E-state index contributed by atoms with van der Waals surface area (Å²) in [7, 11) is 0.579. The summed E-state index contributed by atoms with van der Waals surface area (Å²) < 4.78 is 6.06. The Kier molecular flexibility index (Phi) is 4.27. The zero-order chi connectivity index (χ0) is 15.7. The summed E-state index contributed by atoms with van der Waals surface area (Å²) in [4.78, 5) is 19.8. The lowest BCUT2D eigenvalue weighted by Gasteiger charge is -2.19. The number of ether oxygens (including phenoxy) is 1. The smallest absolute Gasteiger partial charge is 0.275 e. The summed E-state index contributed by atoms with van der Waals surface area (Å²) in [6, 6.07) is 4.85. The van der Waals surface area contributed by atoms with Crippen LogP contribution in [0.4, 0.5) is 0 Å². The highest BCUT2D eigenvalue weighted by molar-refractivity contribution is 7.20. The summed E-state index contributed by atoms with van der Waals surface area (Å²) in [6.07, 6.45) is 3.46. The molecule has 0 aliphatic carbocycles. The van der Waals surface area contributed by atoms with Crippen molar-refractivity contribution in [3.63, 3.8) is 0 Å². The predicted molar refractivity (Wildman–Crippen MR) is 92.7 cm³/mol. The molecule has 1 aliphatic rings. The van der Waals surface area contributed by atoms with Gasteiger partial charge >= 0.3 is 0 Å². The lowest BCUT2D eigenvalue weighted by molar-refractivity contribution is 0.0930. The van der Waals surface area contributed by atoms with Crippen molar-refractivity contribution in [1.82, 2.24) is 15.3 Å². The second kappa shape index (κ2) is 6.04. The van der Waals surface area contributed by atoms with E-state index in [9.17, 15) is 4.79 Å². The number of rotatable bonds is 3. The average molecular weight is 338 g/mol. The normalized spacial score (nSPS) is 21.5. The summed E-state index contributed by atoms with van der Waals surface area (Å²) in [5.74, 6) is -0.0180. The Labute approximate surface area is 135 Å². The lowest BCUT2D eigenvalue weighted by Crippen LogP contribution is -2.35. The maximum Gasteiger partial charge on any atom is 0.275 e. The fraction of sp³-hybridized carbons (Fsp3) is 0.600. The maximum absolute atomic E-state index is 12.4. The summed E-state index contributed by atoms with van der Waals surface area (Å²) in [6.45, 7) is 4.91. The number of aromatic amines is 1. The molecule has 0 radical (unpaired) electrons. The first-order chi connectivity index (χ1) is 10.5. The van der Waals surface area contributed by atoms with E-state index in [0.29, 0.717) is 16.9 Å². The first-order valence-corrected chi connectivity index (χ1v) is 12.0. The molecule has 2 aromatic heterocycles. The van der Waals surface area contributed by atoms with Crippen LogP contribution in [-0.4, -0.2) is 37.1 Å². The van der Waals surface area contributed by atoms with Crippen molar-refractivity contribution in [1.29, 1.82) is 0 Å². The van der Waals surface area contributed by atoms with Crippen molar-refractivity contribution < 1.29 is 9.53 Å². The van der Waals surface area contributed by atoms with Gasteiger partial charge in [0.25, 0.3) is 11.1 Å². The highest BCUT2D eigenvalue weighted by atomic mass is 32.1. The second-order valence-electron chi connectivity index (χ2n) is 6.85. The number of hydrogen-bond acceptors (Lipinski definition) is 4. The minimum absolute atomic E-state index is 0.0180. The number of hydrogen-bond donors (Lipinski definition) is 2. The number of aromatic nitrogens is 2. The van der Waals surface area contributed by atoms with E-state index in [1.54, 1.807) is 7.11 Å². The zero-order valence-corrected chi connectivity index (χ0v) is 15.2. The molecule has 0 bridgehead atoms. The minimum atomic E-state index is -1.02. The molecule has 1 amide bonds. The first-order valence-electron chi connectivity index (χ1n) is 7.81. The fourth-order valence-corrected chi connectivity index (χ4v) is 6.39. The molecule has 0 spiro atoms.